The number of amides is 1. The van der Waals surface area contributed by atoms with E-state index in [1.807, 2.05) is 6.07 Å². The predicted molar refractivity (Wildman–Crippen MR) is 89.9 cm³/mol. The van der Waals surface area contributed by atoms with Crippen molar-refractivity contribution in [1.82, 2.24) is 4.90 Å². The maximum absolute atomic E-state index is 12.4. The van der Waals surface area contributed by atoms with Crippen LogP contribution in [0.1, 0.15) is 12.0 Å². The molecule has 0 aliphatic carbocycles. The lowest BCUT2D eigenvalue weighted by atomic mass is 10.1. The average Bonchev–Trinajstić information content (AvgIpc) is 2.95. The Morgan fingerprint density at radius 3 is 2.50 bits per heavy atom. The third-order valence-electron chi connectivity index (χ3n) is 3.90. The number of carbonyl (C=O) groups excluding carboxylic acids is 1. The highest BCUT2D eigenvalue weighted by molar-refractivity contribution is 7.86. The van der Waals surface area contributed by atoms with Crippen molar-refractivity contribution in [3.63, 3.8) is 0 Å². The number of carboxylic acid groups (broad SMARTS) is 1. The molecular weight excluding hydrogens is 366 g/mol. The van der Waals surface area contributed by atoms with Gasteiger partial charge in [0, 0.05) is 13.5 Å². The van der Waals surface area contributed by atoms with Crippen molar-refractivity contribution in [3.8, 4) is 0 Å². The second kappa shape index (κ2) is 8.47. The molecule has 1 aliphatic rings. The highest BCUT2D eigenvalue weighted by atomic mass is 32.2. The number of rotatable bonds is 7. The fourth-order valence-electron chi connectivity index (χ4n) is 2.86. The van der Waals surface area contributed by atoms with Crippen LogP contribution in [0.3, 0.4) is 0 Å². The number of hydrogen-bond acceptors (Lipinski definition) is 7. The van der Waals surface area contributed by atoms with Gasteiger partial charge in [-0.25, -0.2) is 9.59 Å². The molecule has 9 nitrogen and oxygen atoms in total. The van der Waals surface area contributed by atoms with Crippen molar-refractivity contribution >= 4 is 22.2 Å². The Kier molecular flexibility index (Phi) is 6.57. The Morgan fingerprint density at radius 1 is 1.31 bits per heavy atom. The molecule has 1 saturated heterocycles. The van der Waals surface area contributed by atoms with E-state index in [1.165, 1.54) is 7.11 Å². The summed E-state index contributed by atoms with van der Waals surface area (Å²) in [6, 6.07) is 8.06. The second-order valence-corrected chi connectivity index (χ2v) is 7.51. The minimum Gasteiger partial charge on any atom is -0.479 e. The number of methoxy groups -OCH3 is 1. The molecule has 1 N–H and O–H groups in total. The Labute approximate surface area is 151 Å². The Morgan fingerprint density at radius 2 is 1.96 bits per heavy atom. The molecule has 26 heavy (non-hydrogen) atoms. The summed E-state index contributed by atoms with van der Waals surface area (Å²) >= 11 is 0. The summed E-state index contributed by atoms with van der Waals surface area (Å²) in [5, 5.41) is 9.30. The summed E-state index contributed by atoms with van der Waals surface area (Å²) in [5.41, 5.74) is 0.766. The highest BCUT2D eigenvalue weighted by Crippen LogP contribution is 2.26. The number of nitrogens with zero attached hydrogens (tertiary/aromatic N) is 1. The Bertz CT molecular complexity index is 736. The first-order valence-corrected chi connectivity index (χ1v) is 9.64. The van der Waals surface area contributed by atoms with Crippen molar-refractivity contribution in [3.05, 3.63) is 35.9 Å². The van der Waals surface area contributed by atoms with Crippen LogP contribution in [0, 0.1) is 0 Å². The summed E-state index contributed by atoms with van der Waals surface area (Å²) in [6.45, 7) is -0.107. The molecule has 0 aromatic heterocycles. The third kappa shape index (κ3) is 5.41. The maximum Gasteiger partial charge on any atom is 0.410 e. The molecule has 2 rings (SSSR count). The van der Waals surface area contributed by atoms with E-state index >= 15 is 0 Å². The molecule has 0 bridgehead atoms. The van der Waals surface area contributed by atoms with Gasteiger partial charge in [0.25, 0.3) is 10.1 Å². The van der Waals surface area contributed by atoms with Crippen molar-refractivity contribution in [1.29, 1.82) is 0 Å². The molecule has 0 spiro atoms. The largest absolute Gasteiger partial charge is 0.479 e. The lowest BCUT2D eigenvalue weighted by molar-refractivity contribution is -0.151. The number of benzene rings is 1. The van der Waals surface area contributed by atoms with E-state index < -0.39 is 40.4 Å². The lowest BCUT2D eigenvalue weighted by Gasteiger charge is -2.27. The summed E-state index contributed by atoms with van der Waals surface area (Å²) in [7, 11) is -2.55. The van der Waals surface area contributed by atoms with Gasteiger partial charge in [-0.15, -0.1) is 0 Å². The van der Waals surface area contributed by atoms with E-state index in [4.69, 9.17) is 13.7 Å². The van der Waals surface area contributed by atoms with Crippen LogP contribution in [0.15, 0.2) is 30.3 Å². The number of ether oxygens (including phenoxy) is 2. The Balaban J connectivity index is 2.12. The first-order valence-electron chi connectivity index (χ1n) is 7.82. The van der Waals surface area contributed by atoms with Gasteiger partial charge in [0.1, 0.15) is 6.61 Å². The second-order valence-electron chi connectivity index (χ2n) is 5.91. The zero-order valence-corrected chi connectivity index (χ0v) is 15.2. The molecule has 1 amide bonds. The molecule has 144 valence electrons. The summed E-state index contributed by atoms with van der Waals surface area (Å²) in [4.78, 5) is 25.0. The van der Waals surface area contributed by atoms with E-state index in [-0.39, 0.29) is 19.6 Å². The number of carboxylic acids is 1. The summed E-state index contributed by atoms with van der Waals surface area (Å²) in [5.74, 6) is -1.27. The van der Waals surface area contributed by atoms with Crippen LogP contribution in [0.5, 0.6) is 0 Å². The molecule has 0 saturated carbocycles. The minimum absolute atomic E-state index is 0.00167. The minimum atomic E-state index is -3.76. The van der Waals surface area contributed by atoms with Crippen molar-refractivity contribution in [2.45, 2.75) is 31.3 Å². The molecule has 10 heteroatoms. The van der Waals surface area contributed by atoms with Gasteiger partial charge in [-0.3, -0.25) is 9.08 Å². The normalized spacial score (nSPS) is 21.4. The van der Waals surface area contributed by atoms with E-state index in [0.717, 1.165) is 16.7 Å². The monoisotopic (exact) mass is 387 g/mol. The molecule has 1 heterocycles. The third-order valence-corrected chi connectivity index (χ3v) is 4.52. The highest BCUT2D eigenvalue weighted by Gasteiger charge is 2.45. The lowest BCUT2D eigenvalue weighted by Crippen LogP contribution is -2.47. The van der Waals surface area contributed by atoms with Gasteiger partial charge < -0.3 is 14.6 Å². The van der Waals surface area contributed by atoms with E-state index in [0.29, 0.717) is 0 Å². The zero-order chi connectivity index (χ0) is 19.3. The first kappa shape index (κ1) is 20.1. The fraction of sp³-hybridized carbons (Fsp3) is 0.500. The quantitative estimate of drug-likeness (QED) is 0.684. The molecule has 1 fully saturated rings. The number of likely N-dealkylation sites (tertiary alicyclic amines) is 1. The summed E-state index contributed by atoms with van der Waals surface area (Å²) < 4.78 is 37.8. The zero-order valence-electron chi connectivity index (χ0n) is 14.4. The van der Waals surface area contributed by atoms with Crippen molar-refractivity contribution in [2.24, 2.45) is 0 Å². The molecule has 1 unspecified atom stereocenters. The number of carbonyl (C=O) groups is 2. The SMILES string of the molecule is COC(C(=O)O)[C@@H]1C[C@@H](OS(C)(=O)=O)CN1C(=O)OCc1ccccc1. The first-order chi connectivity index (χ1) is 12.2. The van der Waals surface area contributed by atoms with Crippen LogP contribution in [-0.2, 0) is 35.2 Å². The molecule has 1 aliphatic heterocycles. The van der Waals surface area contributed by atoms with Gasteiger partial charge >= 0.3 is 12.1 Å². The molecule has 0 radical (unpaired) electrons. The van der Waals surface area contributed by atoms with Crippen molar-refractivity contribution in [2.75, 3.05) is 19.9 Å². The van der Waals surface area contributed by atoms with Gasteiger partial charge in [-0.1, -0.05) is 30.3 Å². The predicted octanol–water partition coefficient (Wildman–Crippen LogP) is 0.842. The Hall–Kier alpha value is -2.17. The standard InChI is InChI=1S/C16H21NO8S/c1-23-14(15(18)19)13-8-12(25-26(2,21)22)9-17(13)16(20)24-10-11-6-4-3-5-7-11/h3-7,12-14H,8-10H2,1-2H3,(H,18,19)/t12-,13+,14?/m1/s1. The van der Waals surface area contributed by atoms with Gasteiger partial charge in [0.2, 0.25) is 0 Å². The van der Waals surface area contributed by atoms with E-state index in [9.17, 15) is 23.1 Å². The van der Waals surface area contributed by atoms with Crippen LogP contribution in [-0.4, -0.2) is 68.6 Å². The molecular formula is C16H21NO8S. The van der Waals surface area contributed by atoms with Gasteiger partial charge in [-0.05, 0) is 5.56 Å². The van der Waals surface area contributed by atoms with E-state index in [2.05, 4.69) is 0 Å². The number of aliphatic carboxylic acids is 1. The molecule has 1 aromatic carbocycles. The molecule has 1 aromatic rings. The van der Waals surface area contributed by atoms with Gasteiger partial charge in [0.05, 0.1) is 24.9 Å². The van der Waals surface area contributed by atoms with Crippen LogP contribution in [0.2, 0.25) is 0 Å². The number of hydrogen-bond donors (Lipinski definition) is 1. The fourth-order valence-corrected chi connectivity index (χ4v) is 3.50. The topological polar surface area (TPSA) is 119 Å². The van der Waals surface area contributed by atoms with Crippen LogP contribution < -0.4 is 0 Å². The molecule has 3 atom stereocenters. The average molecular weight is 387 g/mol. The van der Waals surface area contributed by atoms with Gasteiger partial charge in [-0.2, -0.15) is 8.42 Å². The van der Waals surface area contributed by atoms with Crippen LogP contribution in [0.25, 0.3) is 0 Å². The smallest absolute Gasteiger partial charge is 0.410 e. The van der Waals surface area contributed by atoms with Crippen LogP contribution >= 0.6 is 0 Å². The summed E-state index contributed by atoms with van der Waals surface area (Å²) in [6.07, 6.45) is -2.06. The van der Waals surface area contributed by atoms with Crippen molar-refractivity contribution < 1.29 is 36.8 Å². The maximum atomic E-state index is 12.4. The van der Waals surface area contributed by atoms with Crippen LogP contribution in [0.4, 0.5) is 4.79 Å². The van der Waals surface area contributed by atoms with Gasteiger partial charge in [0.15, 0.2) is 6.10 Å². The van der Waals surface area contributed by atoms with E-state index in [1.54, 1.807) is 24.3 Å².